The Morgan fingerprint density at radius 1 is 1.26 bits per heavy atom. The molecule has 0 atom stereocenters. The fourth-order valence-electron chi connectivity index (χ4n) is 2.15. The highest BCUT2D eigenvalue weighted by atomic mass is 35.5. The van der Waals surface area contributed by atoms with E-state index in [4.69, 9.17) is 0 Å². The van der Waals surface area contributed by atoms with Crippen LogP contribution < -0.4 is 4.80 Å². The van der Waals surface area contributed by atoms with Gasteiger partial charge in [-0.2, -0.15) is 0 Å². The summed E-state index contributed by atoms with van der Waals surface area (Å²) in [6, 6.07) is 6.41. The minimum absolute atomic E-state index is 0. The number of hydrogen-bond donors (Lipinski definition) is 0. The van der Waals surface area contributed by atoms with Crippen molar-refractivity contribution >= 4 is 45.1 Å². The Labute approximate surface area is 146 Å². The van der Waals surface area contributed by atoms with E-state index in [2.05, 4.69) is 4.99 Å². The second kappa shape index (κ2) is 7.42. The number of hydrogen-bond acceptors (Lipinski definition) is 5. The van der Waals surface area contributed by atoms with Crippen molar-refractivity contribution in [1.29, 1.82) is 0 Å². The van der Waals surface area contributed by atoms with E-state index in [1.165, 1.54) is 29.7 Å². The van der Waals surface area contributed by atoms with Crippen LogP contribution in [-0.2, 0) is 16.4 Å². The molecule has 126 valence electrons. The van der Waals surface area contributed by atoms with Gasteiger partial charge in [0.05, 0.1) is 15.5 Å². The highest BCUT2D eigenvalue weighted by molar-refractivity contribution is 7.90. The molecule has 23 heavy (non-hydrogen) atoms. The van der Waals surface area contributed by atoms with Crippen molar-refractivity contribution in [3.8, 4) is 0 Å². The van der Waals surface area contributed by atoms with Gasteiger partial charge in [-0.05, 0) is 38.1 Å². The third-order valence-corrected chi connectivity index (χ3v) is 5.69. The molecule has 0 unspecified atom stereocenters. The molecule has 0 aliphatic heterocycles. The maximum Gasteiger partial charge on any atom is 0.190 e. The lowest BCUT2D eigenvalue weighted by Crippen LogP contribution is -2.14. The summed E-state index contributed by atoms with van der Waals surface area (Å²) in [5.41, 5.74) is 1.57. The number of ketones is 1. The first-order valence-electron chi connectivity index (χ1n) is 6.80. The summed E-state index contributed by atoms with van der Waals surface area (Å²) in [6.07, 6.45) is 1.17. The van der Waals surface area contributed by atoms with Gasteiger partial charge in [0.1, 0.15) is 0 Å². The minimum atomic E-state index is -3.21. The Morgan fingerprint density at radius 3 is 2.26 bits per heavy atom. The average Bonchev–Trinajstić information content (AvgIpc) is 2.74. The number of halogens is 1. The molecule has 0 radical (unpaired) electrons. The van der Waals surface area contributed by atoms with Crippen LogP contribution in [0.1, 0.15) is 29.2 Å². The second-order valence-electron chi connectivity index (χ2n) is 4.98. The smallest absolute Gasteiger partial charge is 0.190 e. The standard InChI is InChI=1S/C15H18N2O3S2.ClH/c1-5-17-10(2)14(11(3)18)21-15(17)16-12-6-8-13(9-7-12)22(4,19)20;/h6-9H,5H2,1-4H3;1H. The van der Waals surface area contributed by atoms with E-state index in [9.17, 15) is 13.2 Å². The van der Waals surface area contributed by atoms with E-state index in [0.717, 1.165) is 17.0 Å². The fourth-order valence-corrected chi connectivity index (χ4v) is 3.89. The van der Waals surface area contributed by atoms with Crippen molar-refractivity contribution in [2.75, 3.05) is 6.26 Å². The van der Waals surface area contributed by atoms with Crippen LogP contribution in [0.3, 0.4) is 0 Å². The third-order valence-electron chi connectivity index (χ3n) is 3.28. The van der Waals surface area contributed by atoms with Gasteiger partial charge in [0, 0.05) is 25.4 Å². The van der Waals surface area contributed by atoms with Crippen LogP contribution in [0.25, 0.3) is 0 Å². The van der Waals surface area contributed by atoms with Gasteiger partial charge in [-0.1, -0.05) is 11.3 Å². The van der Waals surface area contributed by atoms with Crippen LogP contribution in [0.15, 0.2) is 34.2 Å². The zero-order valence-electron chi connectivity index (χ0n) is 13.4. The number of benzene rings is 1. The molecule has 1 aromatic carbocycles. The first kappa shape index (κ1) is 19.6. The second-order valence-corrected chi connectivity index (χ2v) is 7.97. The molecule has 0 fully saturated rings. The van der Waals surface area contributed by atoms with E-state index >= 15 is 0 Å². The number of thiazole rings is 1. The van der Waals surface area contributed by atoms with Crippen LogP contribution in [0.4, 0.5) is 5.69 Å². The van der Waals surface area contributed by atoms with E-state index in [1.807, 2.05) is 18.4 Å². The molecule has 0 saturated heterocycles. The van der Waals surface area contributed by atoms with Crippen LogP contribution in [0.2, 0.25) is 0 Å². The Balaban J connectivity index is 0.00000264. The highest BCUT2D eigenvalue weighted by Gasteiger charge is 2.12. The van der Waals surface area contributed by atoms with Gasteiger partial charge in [-0.3, -0.25) is 4.79 Å². The van der Waals surface area contributed by atoms with E-state index in [-0.39, 0.29) is 23.1 Å². The van der Waals surface area contributed by atoms with Crippen LogP contribution >= 0.6 is 23.7 Å². The van der Waals surface area contributed by atoms with Gasteiger partial charge in [-0.15, -0.1) is 12.4 Å². The lowest BCUT2D eigenvalue weighted by molar-refractivity contribution is 0.102. The molecule has 0 aliphatic carbocycles. The molecule has 2 aromatic rings. The number of sulfone groups is 1. The Bertz CT molecular complexity index is 878. The summed E-state index contributed by atoms with van der Waals surface area (Å²) < 4.78 is 24.9. The van der Waals surface area contributed by atoms with Crippen LogP contribution in [-0.4, -0.2) is 25.0 Å². The van der Waals surface area contributed by atoms with E-state index < -0.39 is 9.84 Å². The maximum absolute atomic E-state index is 11.6. The number of carbonyl (C=O) groups is 1. The average molecular weight is 375 g/mol. The molecular weight excluding hydrogens is 356 g/mol. The van der Waals surface area contributed by atoms with Crippen molar-refractivity contribution in [3.05, 3.63) is 39.6 Å². The van der Waals surface area contributed by atoms with Gasteiger partial charge in [0.15, 0.2) is 20.4 Å². The number of aromatic nitrogens is 1. The lowest BCUT2D eigenvalue weighted by atomic mass is 10.3. The predicted octanol–water partition coefficient (Wildman–Crippen LogP) is 3.14. The quantitative estimate of drug-likeness (QED) is 0.772. The number of carbonyl (C=O) groups excluding carboxylic acids is 1. The molecule has 0 spiro atoms. The molecule has 0 N–H and O–H groups in total. The molecule has 0 aliphatic rings. The van der Waals surface area contributed by atoms with Crippen molar-refractivity contribution < 1.29 is 13.2 Å². The highest BCUT2D eigenvalue weighted by Crippen LogP contribution is 2.18. The van der Waals surface area contributed by atoms with Gasteiger partial charge in [0.25, 0.3) is 0 Å². The Kier molecular flexibility index (Phi) is 6.33. The predicted molar refractivity (Wildman–Crippen MR) is 94.7 cm³/mol. The number of Topliss-reactive ketones (excluding diaryl/α,β-unsaturated/α-hetero) is 1. The van der Waals surface area contributed by atoms with Gasteiger partial charge in [0.2, 0.25) is 0 Å². The van der Waals surface area contributed by atoms with Gasteiger partial charge < -0.3 is 4.57 Å². The topological polar surface area (TPSA) is 68.5 Å². The zero-order valence-corrected chi connectivity index (χ0v) is 15.8. The maximum atomic E-state index is 11.6. The summed E-state index contributed by atoms with van der Waals surface area (Å²) in [5, 5.41) is 0. The summed E-state index contributed by atoms with van der Waals surface area (Å²) in [4.78, 5) is 17.9. The zero-order chi connectivity index (χ0) is 16.5. The molecule has 0 amide bonds. The number of nitrogens with zero attached hydrogens (tertiary/aromatic N) is 2. The van der Waals surface area contributed by atoms with Crippen LogP contribution in [0.5, 0.6) is 0 Å². The molecule has 0 bridgehead atoms. The Hall–Kier alpha value is -1.44. The molecular formula is C15H19ClN2O3S2. The van der Waals surface area contributed by atoms with Crippen molar-refractivity contribution in [1.82, 2.24) is 4.57 Å². The summed E-state index contributed by atoms with van der Waals surface area (Å²) in [6.45, 7) is 6.16. The van der Waals surface area contributed by atoms with Gasteiger partial charge in [-0.25, -0.2) is 13.4 Å². The van der Waals surface area contributed by atoms with Crippen LogP contribution in [0, 0.1) is 6.92 Å². The van der Waals surface area contributed by atoms with E-state index in [0.29, 0.717) is 10.6 Å². The third kappa shape index (κ3) is 4.31. The molecule has 2 rings (SSSR count). The molecule has 1 aromatic heterocycles. The summed E-state index contributed by atoms with van der Waals surface area (Å²) >= 11 is 1.35. The van der Waals surface area contributed by atoms with Crippen molar-refractivity contribution in [3.63, 3.8) is 0 Å². The first-order valence-corrected chi connectivity index (χ1v) is 9.51. The molecule has 1 heterocycles. The number of rotatable bonds is 4. The molecule has 8 heteroatoms. The molecule has 5 nitrogen and oxygen atoms in total. The molecule has 0 saturated carbocycles. The van der Waals surface area contributed by atoms with E-state index in [1.54, 1.807) is 19.1 Å². The normalized spacial score (nSPS) is 12.1. The summed E-state index contributed by atoms with van der Waals surface area (Å²) in [5.74, 6) is 0.0265. The largest absolute Gasteiger partial charge is 0.321 e. The SMILES string of the molecule is CCn1c(C)c(C(C)=O)sc1=Nc1ccc(S(C)(=O)=O)cc1.Cl. The Morgan fingerprint density at radius 2 is 1.83 bits per heavy atom. The van der Waals surface area contributed by atoms with Crippen molar-refractivity contribution in [2.45, 2.75) is 32.2 Å². The monoisotopic (exact) mass is 374 g/mol. The van der Waals surface area contributed by atoms with Gasteiger partial charge >= 0.3 is 0 Å². The summed E-state index contributed by atoms with van der Waals surface area (Å²) in [7, 11) is -3.21. The fraction of sp³-hybridized carbons (Fsp3) is 0.333. The van der Waals surface area contributed by atoms with Crippen molar-refractivity contribution in [2.24, 2.45) is 4.99 Å². The minimum Gasteiger partial charge on any atom is -0.321 e. The first-order chi connectivity index (χ1) is 10.2. The lowest BCUT2D eigenvalue weighted by Gasteiger charge is -2.02.